The van der Waals surface area contributed by atoms with Crippen molar-refractivity contribution in [1.82, 2.24) is 19.8 Å². The molecular formula is C18H25FN4O3S. The summed E-state index contributed by atoms with van der Waals surface area (Å²) in [5.74, 6) is -1.36. The van der Waals surface area contributed by atoms with Gasteiger partial charge in [-0.2, -0.15) is 5.10 Å². The van der Waals surface area contributed by atoms with Crippen LogP contribution in [0.3, 0.4) is 0 Å². The van der Waals surface area contributed by atoms with E-state index in [0.29, 0.717) is 13.1 Å². The Morgan fingerprint density at radius 2 is 2.00 bits per heavy atom. The van der Waals surface area contributed by atoms with Crippen LogP contribution in [0.25, 0.3) is 0 Å². The quantitative estimate of drug-likeness (QED) is 0.714. The molecule has 2 rings (SSSR count). The van der Waals surface area contributed by atoms with E-state index in [1.165, 1.54) is 0 Å². The van der Waals surface area contributed by atoms with Crippen molar-refractivity contribution >= 4 is 15.9 Å². The van der Waals surface area contributed by atoms with Crippen LogP contribution in [0.4, 0.5) is 4.39 Å². The summed E-state index contributed by atoms with van der Waals surface area (Å²) in [6.45, 7) is 8.56. The molecule has 1 atom stereocenters. The highest BCUT2D eigenvalue weighted by Gasteiger charge is 2.19. The first-order valence-electron chi connectivity index (χ1n) is 8.72. The van der Waals surface area contributed by atoms with Crippen LogP contribution in [-0.4, -0.2) is 37.2 Å². The summed E-state index contributed by atoms with van der Waals surface area (Å²) in [6.07, 6.45) is 0. The number of amides is 1. The van der Waals surface area contributed by atoms with Gasteiger partial charge in [0, 0.05) is 25.3 Å². The Morgan fingerprint density at radius 1 is 1.30 bits per heavy atom. The predicted molar refractivity (Wildman–Crippen MR) is 100 cm³/mol. The maximum Gasteiger partial charge on any atom is 0.254 e. The van der Waals surface area contributed by atoms with Gasteiger partial charge in [0.1, 0.15) is 5.82 Å². The first-order chi connectivity index (χ1) is 12.6. The standard InChI is InChI=1S/C18H25FN4O3S/c1-5-21-27(25,26)15-6-7-17(19)16(9-15)18(24)20-10-12(2)11-23-14(4)8-13(3)22-23/h6-9,12,21H,5,10-11H2,1-4H3,(H,20,24). The van der Waals surface area contributed by atoms with Crippen molar-refractivity contribution in [3.63, 3.8) is 0 Å². The van der Waals surface area contributed by atoms with E-state index in [-0.39, 0.29) is 22.9 Å². The molecule has 0 aliphatic rings. The molecule has 0 saturated carbocycles. The lowest BCUT2D eigenvalue weighted by atomic mass is 10.1. The van der Waals surface area contributed by atoms with Crippen molar-refractivity contribution in [2.75, 3.05) is 13.1 Å². The number of halogens is 1. The van der Waals surface area contributed by atoms with E-state index in [2.05, 4.69) is 15.1 Å². The number of hydrogen-bond acceptors (Lipinski definition) is 4. The molecule has 148 valence electrons. The predicted octanol–water partition coefficient (Wildman–Crippen LogP) is 2.00. The molecule has 7 nitrogen and oxygen atoms in total. The Kier molecular flexibility index (Phi) is 6.72. The van der Waals surface area contributed by atoms with Crippen molar-refractivity contribution < 1.29 is 17.6 Å². The number of carbonyl (C=O) groups is 1. The van der Waals surface area contributed by atoms with Crippen LogP contribution in [0, 0.1) is 25.6 Å². The second-order valence-electron chi connectivity index (χ2n) is 6.57. The van der Waals surface area contributed by atoms with E-state index in [1.54, 1.807) is 6.92 Å². The molecule has 0 bridgehead atoms. The zero-order chi connectivity index (χ0) is 20.2. The summed E-state index contributed by atoms with van der Waals surface area (Å²) in [5, 5.41) is 7.04. The van der Waals surface area contributed by atoms with Gasteiger partial charge in [-0.15, -0.1) is 0 Å². The molecule has 2 N–H and O–H groups in total. The Hall–Kier alpha value is -2.26. The van der Waals surface area contributed by atoms with Gasteiger partial charge in [0.2, 0.25) is 10.0 Å². The molecule has 2 aromatic rings. The van der Waals surface area contributed by atoms with Crippen LogP contribution in [0.5, 0.6) is 0 Å². The SMILES string of the molecule is CCNS(=O)(=O)c1ccc(F)c(C(=O)NCC(C)Cn2nc(C)cc2C)c1. The number of aromatic nitrogens is 2. The lowest BCUT2D eigenvalue weighted by Crippen LogP contribution is -2.31. The number of rotatable bonds is 8. The zero-order valence-corrected chi connectivity index (χ0v) is 16.7. The molecule has 0 radical (unpaired) electrons. The van der Waals surface area contributed by atoms with Gasteiger partial charge in [0.15, 0.2) is 0 Å². The molecular weight excluding hydrogens is 371 g/mol. The molecule has 1 aromatic heterocycles. The Bertz CT molecular complexity index is 925. The van der Waals surface area contributed by atoms with Gasteiger partial charge < -0.3 is 5.32 Å². The molecule has 0 aliphatic carbocycles. The normalized spacial score (nSPS) is 12.8. The smallest absolute Gasteiger partial charge is 0.254 e. The number of nitrogens with zero attached hydrogens (tertiary/aromatic N) is 2. The van der Waals surface area contributed by atoms with Gasteiger partial charge in [0.25, 0.3) is 5.91 Å². The number of benzene rings is 1. The van der Waals surface area contributed by atoms with Gasteiger partial charge >= 0.3 is 0 Å². The number of aryl methyl sites for hydroxylation is 2. The molecule has 0 fully saturated rings. The highest BCUT2D eigenvalue weighted by atomic mass is 32.2. The van der Waals surface area contributed by atoms with E-state index in [0.717, 1.165) is 29.6 Å². The monoisotopic (exact) mass is 396 g/mol. The summed E-state index contributed by atoms with van der Waals surface area (Å²) >= 11 is 0. The number of sulfonamides is 1. The first kappa shape index (κ1) is 21.0. The van der Waals surface area contributed by atoms with Crippen LogP contribution in [0.15, 0.2) is 29.2 Å². The van der Waals surface area contributed by atoms with Crippen molar-refractivity contribution in [3.8, 4) is 0 Å². The van der Waals surface area contributed by atoms with Crippen molar-refractivity contribution in [3.05, 3.63) is 47.0 Å². The van der Waals surface area contributed by atoms with Gasteiger partial charge in [-0.25, -0.2) is 17.5 Å². The third-order valence-electron chi connectivity index (χ3n) is 4.03. The molecule has 0 spiro atoms. The van der Waals surface area contributed by atoms with Crippen LogP contribution in [-0.2, 0) is 16.6 Å². The number of carbonyl (C=O) groups excluding carboxylic acids is 1. The number of nitrogens with one attached hydrogen (secondary N) is 2. The van der Waals surface area contributed by atoms with E-state index < -0.39 is 21.7 Å². The third kappa shape index (κ3) is 5.36. The Labute approximate surface area is 159 Å². The fraction of sp³-hybridized carbons (Fsp3) is 0.444. The highest BCUT2D eigenvalue weighted by Crippen LogP contribution is 2.15. The van der Waals surface area contributed by atoms with Crippen molar-refractivity contribution in [2.24, 2.45) is 5.92 Å². The summed E-state index contributed by atoms with van der Waals surface area (Å²) in [6, 6.07) is 5.14. The highest BCUT2D eigenvalue weighted by molar-refractivity contribution is 7.89. The van der Waals surface area contributed by atoms with E-state index in [4.69, 9.17) is 0 Å². The molecule has 9 heteroatoms. The maximum atomic E-state index is 14.0. The molecule has 1 aromatic carbocycles. The second kappa shape index (κ2) is 8.62. The minimum atomic E-state index is -3.77. The first-order valence-corrected chi connectivity index (χ1v) is 10.2. The molecule has 27 heavy (non-hydrogen) atoms. The van der Waals surface area contributed by atoms with E-state index in [1.807, 2.05) is 31.5 Å². The summed E-state index contributed by atoms with van der Waals surface area (Å²) in [7, 11) is -3.77. The van der Waals surface area contributed by atoms with Crippen LogP contribution >= 0.6 is 0 Å². The molecule has 1 unspecified atom stereocenters. The molecule has 0 saturated heterocycles. The molecule has 1 heterocycles. The summed E-state index contributed by atoms with van der Waals surface area (Å²) in [5.41, 5.74) is 1.65. The minimum Gasteiger partial charge on any atom is -0.352 e. The molecule has 0 aliphatic heterocycles. The average Bonchev–Trinajstić information content (AvgIpc) is 2.90. The zero-order valence-electron chi connectivity index (χ0n) is 15.9. The fourth-order valence-electron chi connectivity index (χ4n) is 2.70. The van der Waals surface area contributed by atoms with Gasteiger partial charge in [-0.3, -0.25) is 9.48 Å². The second-order valence-corrected chi connectivity index (χ2v) is 8.33. The topological polar surface area (TPSA) is 93.1 Å². The van der Waals surface area contributed by atoms with Gasteiger partial charge in [-0.05, 0) is 44.0 Å². The van der Waals surface area contributed by atoms with Crippen molar-refractivity contribution in [2.45, 2.75) is 39.1 Å². The van der Waals surface area contributed by atoms with Crippen LogP contribution in [0.2, 0.25) is 0 Å². The Balaban J connectivity index is 2.06. The lowest BCUT2D eigenvalue weighted by Gasteiger charge is -2.14. The number of hydrogen-bond donors (Lipinski definition) is 2. The lowest BCUT2D eigenvalue weighted by molar-refractivity contribution is 0.0942. The van der Waals surface area contributed by atoms with E-state index in [9.17, 15) is 17.6 Å². The van der Waals surface area contributed by atoms with Crippen molar-refractivity contribution in [1.29, 1.82) is 0 Å². The van der Waals surface area contributed by atoms with Crippen LogP contribution in [0.1, 0.15) is 35.6 Å². The maximum absolute atomic E-state index is 14.0. The molecule has 1 amide bonds. The summed E-state index contributed by atoms with van der Waals surface area (Å²) in [4.78, 5) is 12.2. The van der Waals surface area contributed by atoms with Gasteiger partial charge in [-0.1, -0.05) is 13.8 Å². The van der Waals surface area contributed by atoms with E-state index >= 15 is 0 Å². The Morgan fingerprint density at radius 3 is 2.59 bits per heavy atom. The fourth-order valence-corrected chi connectivity index (χ4v) is 3.77. The van der Waals surface area contributed by atoms with Crippen LogP contribution < -0.4 is 10.0 Å². The average molecular weight is 396 g/mol. The third-order valence-corrected chi connectivity index (χ3v) is 5.57. The van der Waals surface area contributed by atoms with Gasteiger partial charge in [0.05, 0.1) is 16.2 Å². The largest absolute Gasteiger partial charge is 0.352 e. The summed E-state index contributed by atoms with van der Waals surface area (Å²) < 4.78 is 42.3. The minimum absolute atomic E-state index is 0.0590.